The molecule has 0 bridgehead atoms. The number of oxazole rings is 1. The van der Waals surface area contributed by atoms with E-state index in [-0.39, 0.29) is 17.5 Å². The third-order valence-electron chi connectivity index (χ3n) is 2.94. The molecule has 1 aromatic heterocycles. The van der Waals surface area contributed by atoms with Crippen LogP contribution in [0.2, 0.25) is 0 Å². The summed E-state index contributed by atoms with van der Waals surface area (Å²) >= 11 is 0. The maximum atomic E-state index is 11.4. The van der Waals surface area contributed by atoms with Gasteiger partial charge < -0.3 is 9.52 Å². The molecule has 1 saturated heterocycles. The van der Waals surface area contributed by atoms with Crippen LogP contribution in [0.15, 0.2) is 10.7 Å². The van der Waals surface area contributed by atoms with Gasteiger partial charge in [0.05, 0.1) is 29.3 Å². The topological polar surface area (TPSA) is 83.6 Å². The molecule has 17 heavy (non-hydrogen) atoms. The van der Waals surface area contributed by atoms with Gasteiger partial charge in [0.25, 0.3) is 0 Å². The number of hydrogen-bond acceptors (Lipinski definition) is 6. The van der Waals surface area contributed by atoms with Gasteiger partial charge in [-0.1, -0.05) is 0 Å². The second-order valence-corrected chi connectivity index (χ2v) is 6.64. The monoisotopic (exact) mass is 260 g/mol. The van der Waals surface area contributed by atoms with Crippen LogP contribution in [-0.2, 0) is 16.4 Å². The lowest BCUT2D eigenvalue weighted by molar-refractivity contribution is 0.0950. The smallest absolute Gasteiger partial charge is 0.191 e. The zero-order valence-electron chi connectivity index (χ0n) is 9.83. The van der Waals surface area contributed by atoms with E-state index in [4.69, 9.17) is 4.42 Å². The second kappa shape index (κ2) is 4.40. The Balaban J connectivity index is 2.03. The molecule has 0 saturated carbocycles. The van der Waals surface area contributed by atoms with Gasteiger partial charge in [0.1, 0.15) is 6.26 Å². The van der Waals surface area contributed by atoms with Crippen molar-refractivity contribution in [2.45, 2.75) is 25.6 Å². The summed E-state index contributed by atoms with van der Waals surface area (Å²) in [6.07, 6.45) is 0.722. The Morgan fingerprint density at radius 2 is 2.29 bits per heavy atom. The van der Waals surface area contributed by atoms with E-state index in [0.717, 1.165) is 5.69 Å². The molecule has 7 heteroatoms. The van der Waals surface area contributed by atoms with Gasteiger partial charge >= 0.3 is 0 Å². The Kier molecular flexibility index (Phi) is 3.24. The van der Waals surface area contributed by atoms with Crippen molar-refractivity contribution >= 4 is 9.84 Å². The van der Waals surface area contributed by atoms with Crippen molar-refractivity contribution in [1.82, 2.24) is 9.88 Å². The first-order valence-electron chi connectivity index (χ1n) is 5.37. The summed E-state index contributed by atoms with van der Waals surface area (Å²) < 4.78 is 27.9. The zero-order valence-corrected chi connectivity index (χ0v) is 10.6. The first-order chi connectivity index (χ1) is 7.87. The summed E-state index contributed by atoms with van der Waals surface area (Å²) in [7, 11) is -1.34. The van der Waals surface area contributed by atoms with E-state index in [2.05, 4.69) is 4.98 Å². The summed E-state index contributed by atoms with van der Waals surface area (Å²) in [5.74, 6) is 0.425. The summed E-state index contributed by atoms with van der Waals surface area (Å²) in [5, 5.41) is 9.71. The lowest BCUT2D eigenvalue weighted by Gasteiger charge is -2.24. The minimum absolute atomic E-state index is 0.00149. The molecule has 96 valence electrons. The fraction of sp³-hybridized carbons (Fsp3) is 0.700. The van der Waals surface area contributed by atoms with Crippen LogP contribution < -0.4 is 0 Å². The number of aromatic nitrogens is 1. The minimum atomic E-state index is -3.11. The van der Waals surface area contributed by atoms with Crippen LogP contribution >= 0.6 is 0 Å². The van der Waals surface area contributed by atoms with E-state index in [9.17, 15) is 13.5 Å². The summed E-state index contributed by atoms with van der Waals surface area (Å²) in [4.78, 5) is 5.94. The van der Waals surface area contributed by atoms with Crippen molar-refractivity contribution in [3.05, 3.63) is 17.8 Å². The van der Waals surface area contributed by atoms with Crippen molar-refractivity contribution < 1.29 is 17.9 Å². The molecular formula is C10H16N2O4S. The van der Waals surface area contributed by atoms with E-state index >= 15 is 0 Å². The number of hydrogen-bond donors (Lipinski definition) is 1. The van der Waals surface area contributed by atoms with Gasteiger partial charge in [-0.05, 0) is 7.05 Å². The van der Waals surface area contributed by atoms with E-state index in [1.165, 1.54) is 0 Å². The molecule has 6 nitrogen and oxygen atoms in total. The fourth-order valence-electron chi connectivity index (χ4n) is 2.09. The van der Waals surface area contributed by atoms with Crippen molar-refractivity contribution in [1.29, 1.82) is 0 Å². The van der Waals surface area contributed by atoms with Crippen LogP contribution in [0, 0.1) is 6.92 Å². The Hall–Kier alpha value is -0.920. The highest BCUT2D eigenvalue weighted by Crippen LogP contribution is 2.19. The molecule has 2 heterocycles. The Labute approximate surface area is 100 Å². The molecule has 0 aromatic carbocycles. The van der Waals surface area contributed by atoms with Gasteiger partial charge in [0.15, 0.2) is 15.7 Å². The van der Waals surface area contributed by atoms with E-state index in [1.54, 1.807) is 25.1 Å². The number of aliphatic hydroxyl groups is 1. The molecule has 1 aliphatic rings. The van der Waals surface area contributed by atoms with E-state index in [1.807, 2.05) is 0 Å². The molecule has 0 aliphatic carbocycles. The zero-order chi connectivity index (χ0) is 12.6. The molecular weight excluding hydrogens is 244 g/mol. The second-order valence-electron chi connectivity index (χ2n) is 4.48. The number of sulfone groups is 1. The fourth-order valence-corrected chi connectivity index (χ4v) is 3.96. The van der Waals surface area contributed by atoms with Crippen LogP contribution in [0.3, 0.4) is 0 Å². The minimum Gasteiger partial charge on any atom is -0.449 e. The number of nitrogens with zero attached hydrogens (tertiary/aromatic N) is 2. The predicted molar refractivity (Wildman–Crippen MR) is 61.2 cm³/mol. The number of aliphatic hydroxyl groups excluding tert-OH is 1. The van der Waals surface area contributed by atoms with Crippen molar-refractivity contribution in [2.24, 2.45) is 0 Å². The van der Waals surface area contributed by atoms with Crippen LogP contribution in [-0.4, -0.2) is 54.1 Å². The maximum absolute atomic E-state index is 11.4. The molecule has 0 amide bonds. The van der Waals surface area contributed by atoms with Gasteiger partial charge in [-0.2, -0.15) is 0 Å². The standard InChI is InChI=1S/C10H16N2O4S/c1-7-11-8(4-16-7)3-12(2)9-5-17(14,15)6-10(9)13/h4,9-10,13H,3,5-6H2,1-2H3/t9-,10-/m1/s1. The van der Waals surface area contributed by atoms with Crippen LogP contribution in [0.4, 0.5) is 0 Å². The first kappa shape index (κ1) is 12.5. The van der Waals surface area contributed by atoms with Gasteiger partial charge in [-0.25, -0.2) is 13.4 Å². The molecule has 1 aliphatic heterocycles. The normalized spacial score (nSPS) is 27.8. The van der Waals surface area contributed by atoms with Gasteiger partial charge in [0, 0.05) is 13.5 Å². The molecule has 2 rings (SSSR count). The predicted octanol–water partition coefficient (Wildman–Crippen LogP) is -0.427. The summed E-state index contributed by atoms with van der Waals surface area (Å²) in [5.41, 5.74) is 0.737. The average molecular weight is 260 g/mol. The lowest BCUT2D eigenvalue weighted by atomic mass is 10.2. The highest BCUT2D eigenvalue weighted by atomic mass is 32.2. The average Bonchev–Trinajstić information content (AvgIpc) is 2.70. The first-order valence-corrected chi connectivity index (χ1v) is 7.19. The Bertz CT molecular complexity index is 496. The van der Waals surface area contributed by atoms with E-state index in [0.29, 0.717) is 12.4 Å². The van der Waals surface area contributed by atoms with Crippen LogP contribution in [0.25, 0.3) is 0 Å². The Morgan fingerprint density at radius 1 is 1.59 bits per heavy atom. The van der Waals surface area contributed by atoms with Crippen LogP contribution in [0.1, 0.15) is 11.6 Å². The van der Waals surface area contributed by atoms with Crippen molar-refractivity contribution in [3.8, 4) is 0 Å². The Morgan fingerprint density at radius 3 is 2.76 bits per heavy atom. The van der Waals surface area contributed by atoms with Crippen molar-refractivity contribution in [2.75, 3.05) is 18.6 Å². The van der Waals surface area contributed by atoms with E-state index < -0.39 is 15.9 Å². The van der Waals surface area contributed by atoms with Gasteiger partial charge in [0.2, 0.25) is 0 Å². The van der Waals surface area contributed by atoms with Gasteiger partial charge in [-0.15, -0.1) is 0 Å². The highest BCUT2D eigenvalue weighted by Gasteiger charge is 2.38. The quantitative estimate of drug-likeness (QED) is 0.794. The molecule has 1 aromatic rings. The molecule has 0 radical (unpaired) electrons. The number of aryl methyl sites for hydroxylation is 1. The van der Waals surface area contributed by atoms with Crippen molar-refractivity contribution in [3.63, 3.8) is 0 Å². The number of likely N-dealkylation sites (N-methyl/N-ethyl adjacent to an activating group) is 1. The SMILES string of the molecule is Cc1nc(CN(C)[C@@H]2CS(=O)(=O)C[C@H]2O)co1. The summed E-state index contributed by atoms with van der Waals surface area (Å²) in [6.45, 7) is 2.22. The summed E-state index contributed by atoms with van der Waals surface area (Å²) in [6, 6.07) is -0.364. The molecule has 0 unspecified atom stereocenters. The maximum Gasteiger partial charge on any atom is 0.191 e. The third-order valence-corrected chi connectivity index (χ3v) is 4.64. The third kappa shape index (κ3) is 2.85. The van der Waals surface area contributed by atoms with Crippen LogP contribution in [0.5, 0.6) is 0 Å². The van der Waals surface area contributed by atoms with Gasteiger partial charge in [-0.3, -0.25) is 4.90 Å². The molecule has 2 atom stereocenters. The largest absolute Gasteiger partial charge is 0.449 e. The highest BCUT2D eigenvalue weighted by molar-refractivity contribution is 7.91. The molecule has 0 spiro atoms. The molecule has 1 fully saturated rings. The number of rotatable bonds is 3. The lowest BCUT2D eigenvalue weighted by Crippen LogP contribution is -2.40. The molecule has 1 N–H and O–H groups in total.